The van der Waals surface area contributed by atoms with Crippen molar-refractivity contribution in [3.8, 4) is 0 Å². The van der Waals surface area contributed by atoms with Crippen molar-refractivity contribution >= 4 is 9.84 Å². The highest BCUT2D eigenvalue weighted by molar-refractivity contribution is 7.91. The van der Waals surface area contributed by atoms with Gasteiger partial charge in [0, 0.05) is 17.3 Å². The SMILES string of the molecule is CCS(=O)(=O)CCCC(NN)C1(N(C)C)CCCCC1. The molecule has 20 heavy (non-hydrogen) atoms. The van der Waals surface area contributed by atoms with Gasteiger partial charge in [-0.3, -0.25) is 11.3 Å². The summed E-state index contributed by atoms with van der Waals surface area (Å²) in [5, 5.41) is 0. The second-order valence-corrected chi connectivity index (χ2v) is 8.63. The maximum atomic E-state index is 11.6. The van der Waals surface area contributed by atoms with Crippen LogP contribution in [0.15, 0.2) is 0 Å². The van der Waals surface area contributed by atoms with E-state index in [0.29, 0.717) is 6.42 Å². The summed E-state index contributed by atoms with van der Waals surface area (Å²) in [7, 11) is 1.34. The Kier molecular flexibility index (Phi) is 6.91. The van der Waals surface area contributed by atoms with Gasteiger partial charge >= 0.3 is 0 Å². The fourth-order valence-electron chi connectivity index (χ4n) is 3.43. The van der Waals surface area contributed by atoms with E-state index in [0.717, 1.165) is 19.3 Å². The number of hydrogen-bond acceptors (Lipinski definition) is 5. The monoisotopic (exact) mass is 305 g/mol. The number of likely N-dealkylation sites (N-methyl/N-ethyl adjacent to an activating group) is 1. The maximum absolute atomic E-state index is 11.6. The number of sulfone groups is 1. The van der Waals surface area contributed by atoms with Crippen molar-refractivity contribution in [2.24, 2.45) is 5.84 Å². The van der Waals surface area contributed by atoms with E-state index in [4.69, 9.17) is 5.84 Å². The molecule has 1 rings (SSSR count). The zero-order valence-corrected chi connectivity index (χ0v) is 14.0. The van der Waals surface area contributed by atoms with Crippen LogP contribution in [0.2, 0.25) is 0 Å². The predicted molar refractivity (Wildman–Crippen MR) is 84.2 cm³/mol. The third-order valence-electron chi connectivity index (χ3n) is 4.85. The van der Waals surface area contributed by atoms with E-state index in [-0.39, 0.29) is 23.1 Å². The number of nitrogens with two attached hydrogens (primary N) is 1. The van der Waals surface area contributed by atoms with Gasteiger partial charge in [0.05, 0.1) is 5.75 Å². The van der Waals surface area contributed by atoms with Gasteiger partial charge in [-0.2, -0.15) is 0 Å². The molecule has 3 N–H and O–H groups in total. The second kappa shape index (κ2) is 7.73. The zero-order valence-electron chi connectivity index (χ0n) is 13.2. The molecule has 1 fully saturated rings. The average molecular weight is 305 g/mol. The Morgan fingerprint density at radius 1 is 1.25 bits per heavy atom. The van der Waals surface area contributed by atoms with E-state index in [2.05, 4.69) is 24.4 Å². The molecule has 0 heterocycles. The summed E-state index contributed by atoms with van der Waals surface area (Å²) >= 11 is 0. The van der Waals surface area contributed by atoms with E-state index in [1.165, 1.54) is 19.3 Å². The van der Waals surface area contributed by atoms with Crippen molar-refractivity contribution in [3.05, 3.63) is 0 Å². The molecule has 0 spiro atoms. The lowest BCUT2D eigenvalue weighted by atomic mass is 9.74. The predicted octanol–water partition coefficient (Wildman–Crippen LogP) is 1.30. The molecule has 1 aliphatic rings. The minimum absolute atomic E-state index is 0.0724. The first-order valence-electron chi connectivity index (χ1n) is 7.72. The van der Waals surface area contributed by atoms with Crippen LogP contribution < -0.4 is 11.3 Å². The van der Waals surface area contributed by atoms with Crippen LogP contribution in [0.5, 0.6) is 0 Å². The molecule has 5 nitrogen and oxygen atoms in total. The molecule has 1 saturated carbocycles. The normalized spacial score (nSPS) is 21.1. The molecule has 1 atom stereocenters. The standard InChI is InChI=1S/C14H31N3O2S/c1-4-20(18,19)12-8-9-13(16-15)14(17(2)3)10-6-5-7-11-14/h13,16H,4-12,15H2,1-3H3. The highest BCUT2D eigenvalue weighted by Crippen LogP contribution is 2.36. The van der Waals surface area contributed by atoms with Gasteiger partial charge in [0.1, 0.15) is 9.84 Å². The van der Waals surface area contributed by atoms with Crippen LogP contribution in [0.4, 0.5) is 0 Å². The van der Waals surface area contributed by atoms with Gasteiger partial charge in [-0.25, -0.2) is 8.42 Å². The summed E-state index contributed by atoms with van der Waals surface area (Å²) in [6.45, 7) is 1.70. The molecule has 120 valence electrons. The Morgan fingerprint density at radius 2 is 1.85 bits per heavy atom. The summed E-state index contributed by atoms with van der Waals surface area (Å²) in [4.78, 5) is 2.28. The topological polar surface area (TPSA) is 75.4 Å². The zero-order chi connectivity index (χ0) is 15.2. The largest absolute Gasteiger partial charge is 0.302 e. The van der Waals surface area contributed by atoms with Crippen LogP contribution in [0.3, 0.4) is 0 Å². The molecular formula is C14H31N3O2S. The molecular weight excluding hydrogens is 274 g/mol. The third-order valence-corrected chi connectivity index (χ3v) is 6.64. The highest BCUT2D eigenvalue weighted by Gasteiger charge is 2.40. The Hall–Kier alpha value is -0.170. The van der Waals surface area contributed by atoms with Crippen molar-refractivity contribution in [2.75, 3.05) is 25.6 Å². The first-order chi connectivity index (χ1) is 9.38. The van der Waals surface area contributed by atoms with Gasteiger partial charge in [-0.15, -0.1) is 0 Å². The van der Waals surface area contributed by atoms with E-state index >= 15 is 0 Å². The molecule has 1 aliphatic carbocycles. The van der Waals surface area contributed by atoms with Gasteiger partial charge in [0.15, 0.2) is 0 Å². The Balaban J connectivity index is 2.67. The summed E-state index contributed by atoms with van der Waals surface area (Å²) in [5.74, 6) is 6.28. The Bertz CT molecular complexity index is 376. The van der Waals surface area contributed by atoms with Gasteiger partial charge in [0.2, 0.25) is 0 Å². The summed E-state index contributed by atoms with van der Waals surface area (Å²) in [5.41, 5.74) is 3.03. The van der Waals surface area contributed by atoms with Crippen LogP contribution in [0.25, 0.3) is 0 Å². The quantitative estimate of drug-likeness (QED) is 0.522. The van der Waals surface area contributed by atoms with Crippen LogP contribution in [-0.4, -0.2) is 50.5 Å². The number of nitrogens with one attached hydrogen (secondary N) is 1. The molecule has 0 aromatic rings. The lowest BCUT2D eigenvalue weighted by molar-refractivity contribution is 0.0532. The lowest BCUT2D eigenvalue weighted by Crippen LogP contribution is -2.61. The van der Waals surface area contributed by atoms with Crippen molar-refractivity contribution < 1.29 is 8.42 Å². The number of nitrogens with zero attached hydrogens (tertiary/aromatic N) is 1. The lowest BCUT2D eigenvalue weighted by Gasteiger charge is -2.48. The molecule has 0 amide bonds. The van der Waals surface area contributed by atoms with Gasteiger partial charge in [-0.1, -0.05) is 26.2 Å². The summed E-state index contributed by atoms with van der Waals surface area (Å²) in [6.07, 6.45) is 7.50. The highest BCUT2D eigenvalue weighted by atomic mass is 32.2. The molecule has 0 aromatic carbocycles. The summed E-state index contributed by atoms with van der Waals surface area (Å²) in [6, 6.07) is 0.157. The fourth-order valence-corrected chi connectivity index (χ4v) is 4.33. The third kappa shape index (κ3) is 4.41. The van der Waals surface area contributed by atoms with Gasteiger partial charge in [0.25, 0.3) is 0 Å². The van der Waals surface area contributed by atoms with Crippen molar-refractivity contribution in [3.63, 3.8) is 0 Å². The molecule has 0 aliphatic heterocycles. The number of hydrogen-bond donors (Lipinski definition) is 2. The van der Waals surface area contributed by atoms with Crippen LogP contribution in [-0.2, 0) is 9.84 Å². The molecule has 0 bridgehead atoms. The van der Waals surface area contributed by atoms with Crippen molar-refractivity contribution in [1.82, 2.24) is 10.3 Å². The Morgan fingerprint density at radius 3 is 2.30 bits per heavy atom. The first-order valence-corrected chi connectivity index (χ1v) is 9.54. The smallest absolute Gasteiger partial charge is 0.150 e. The molecule has 1 unspecified atom stereocenters. The van der Waals surface area contributed by atoms with E-state index < -0.39 is 9.84 Å². The van der Waals surface area contributed by atoms with E-state index in [9.17, 15) is 8.42 Å². The van der Waals surface area contributed by atoms with Crippen molar-refractivity contribution in [1.29, 1.82) is 0 Å². The minimum Gasteiger partial charge on any atom is -0.302 e. The fraction of sp³-hybridized carbons (Fsp3) is 1.00. The van der Waals surface area contributed by atoms with E-state index in [1.807, 2.05) is 0 Å². The Labute approximate surface area is 124 Å². The van der Waals surface area contributed by atoms with Crippen LogP contribution in [0, 0.1) is 0 Å². The summed E-state index contributed by atoms with van der Waals surface area (Å²) < 4.78 is 23.2. The van der Waals surface area contributed by atoms with Crippen LogP contribution in [0.1, 0.15) is 51.9 Å². The molecule has 0 aromatic heterocycles. The van der Waals surface area contributed by atoms with Gasteiger partial charge < -0.3 is 4.90 Å². The second-order valence-electron chi connectivity index (χ2n) is 6.16. The maximum Gasteiger partial charge on any atom is 0.150 e. The number of hydrazine groups is 1. The van der Waals surface area contributed by atoms with Gasteiger partial charge in [-0.05, 0) is 39.8 Å². The van der Waals surface area contributed by atoms with Crippen molar-refractivity contribution in [2.45, 2.75) is 63.5 Å². The van der Waals surface area contributed by atoms with Crippen LogP contribution >= 0.6 is 0 Å². The van der Waals surface area contributed by atoms with E-state index in [1.54, 1.807) is 6.92 Å². The average Bonchev–Trinajstić information content (AvgIpc) is 2.44. The minimum atomic E-state index is -2.88. The molecule has 6 heteroatoms. The first kappa shape index (κ1) is 17.9. The molecule has 0 radical (unpaired) electrons. The number of rotatable bonds is 8. The molecule has 0 saturated heterocycles.